The van der Waals surface area contributed by atoms with Crippen LogP contribution in [0, 0.1) is 5.92 Å². The summed E-state index contributed by atoms with van der Waals surface area (Å²) in [6, 6.07) is -0.627. The van der Waals surface area contributed by atoms with E-state index >= 15 is 0 Å². The van der Waals surface area contributed by atoms with Gasteiger partial charge in [0.1, 0.15) is 10.9 Å². The Kier molecular flexibility index (Phi) is 11.0. The quantitative estimate of drug-likeness (QED) is 0.384. The lowest BCUT2D eigenvalue weighted by atomic mass is 10.1. The van der Waals surface area contributed by atoms with Crippen LogP contribution >= 0.6 is 11.5 Å². The molecule has 10 nitrogen and oxygen atoms in total. The van der Waals surface area contributed by atoms with Gasteiger partial charge in [-0.25, -0.2) is 0 Å². The van der Waals surface area contributed by atoms with Crippen molar-refractivity contribution >= 4 is 34.9 Å². The number of rotatable bonds is 13. The minimum absolute atomic E-state index is 0.0221. The first-order valence-electron chi connectivity index (χ1n) is 11.7. The van der Waals surface area contributed by atoms with Crippen molar-refractivity contribution < 1.29 is 19.1 Å². The molecule has 0 radical (unpaired) electrons. The number of primary amides is 1. The molecule has 0 aliphatic carbocycles. The van der Waals surface area contributed by atoms with E-state index in [-0.39, 0.29) is 22.2 Å². The molecule has 1 saturated heterocycles. The highest BCUT2D eigenvalue weighted by Gasteiger charge is 2.33. The molecule has 1 unspecified atom stereocenters. The molecule has 0 bridgehead atoms. The fraction of sp³-hybridized carbons (Fsp3) is 0.727. The first-order valence-corrected chi connectivity index (χ1v) is 12.5. The van der Waals surface area contributed by atoms with Gasteiger partial charge in [-0.1, -0.05) is 27.2 Å². The Hall–Kier alpha value is -2.24. The topological polar surface area (TPSA) is 144 Å². The third-order valence-corrected chi connectivity index (χ3v) is 6.51. The fourth-order valence-electron chi connectivity index (χ4n) is 3.75. The van der Waals surface area contributed by atoms with Crippen molar-refractivity contribution in [1.29, 1.82) is 0 Å². The molecular weight excluding hydrogens is 444 g/mol. The number of morpholine rings is 1. The molecule has 3 amide bonds. The molecule has 0 spiro atoms. The summed E-state index contributed by atoms with van der Waals surface area (Å²) >= 11 is 0.846. The highest BCUT2D eigenvalue weighted by atomic mass is 32.1. The zero-order chi connectivity index (χ0) is 24.4. The predicted octanol–water partition coefficient (Wildman–Crippen LogP) is 1.32. The first kappa shape index (κ1) is 27.0. The smallest absolute Gasteiger partial charge is 0.270 e. The van der Waals surface area contributed by atoms with E-state index in [0.29, 0.717) is 45.1 Å². The van der Waals surface area contributed by atoms with Gasteiger partial charge < -0.3 is 26.4 Å². The summed E-state index contributed by atoms with van der Waals surface area (Å²) in [5.74, 6) is -0.879. The summed E-state index contributed by atoms with van der Waals surface area (Å²) in [6.07, 6.45) is 2.82. The number of carbonyl (C=O) groups is 3. The number of anilines is 1. The van der Waals surface area contributed by atoms with Crippen LogP contribution in [0.5, 0.6) is 0 Å². The number of nitrogens with two attached hydrogens (primary N) is 2. The maximum atomic E-state index is 13.5. The fourth-order valence-corrected chi connectivity index (χ4v) is 4.51. The molecule has 1 atom stereocenters. The number of nitrogens with one attached hydrogen (secondary N) is 1. The number of nitrogens with zero attached hydrogens (tertiary/aromatic N) is 3. The summed E-state index contributed by atoms with van der Waals surface area (Å²) in [5.41, 5.74) is 11.2. The van der Waals surface area contributed by atoms with Gasteiger partial charge in [0, 0.05) is 32.7 Å². The number of aromatic nitrogens is 1. The second kappa shape index (κ2) is 13.5. The lowest BCUT2D eigenvalue weighted by molar-refractivity contribution is -0.126. The normalized spacial score (nSPS) is 15.4. The van der Waals surface area contributed by atoms with Crippen LogP contribution in [0.3, 0.4) is 0 Å². The Bertz CT molecular complexity index is 794. The molecule has 5 N–H and O–H groups in total. The average molecular weight is 483 g/mol. The van der Waals surface area contributed by atoms with Crippen molar-refractivity contribution in [3.63, 3.8) is 0 Å². The molecule has 1 fully saturated rings. The van der Waals surface area contributed by atoms with Gasteiger partial charge in [-0.2, -0.15) is 4.37 Å². The van der Waals surface area contributed by atoms with Crippen LogP contribution in [0.4, 0.5) is 5.69 Å². The van der Waals surface area contributed by atoms with Gasteiger partial charge in [0.25, 0.3) is 11.8 Å². The van der Waals surface area contributed by atoms with Crippen LogP contribution in [0.2, 0.25) is 0 Å². The van der Waals surface area contributed by atoms with Gasteiger partial charge in [-0.05, 0) is 36.7 Å². The van der Waals surface area contributed by atoms with E-state index in [2.05, 4.69) is 28.4 Å². The molecule has 1 aromatic heterocycles. The molecule has 11 heteroatoms. The van der Waals surface area contributed by atoms with Crippen molar-refractivity contribution in [1.82, 2.24) is 19.5 Å². The Morgan fingerprint density at radius 3 is 2.52 bits per heavy atom. The largest absolute Gasteiger partial charge is 0.395 e. The summed E-state index contributed by atoms with van der Waals surface area (Å²) in [7, 11) is 0. The van der Waals surface area contributed by atoms with E-state index in [9.17, 15) is 14.4 Å². The number of nitrogen functional groups attached to an aromatic ring is 1. The summed E-state index contributed by atoms with van der Waals surface area (Å²) in [6.45, 7) is 11.0. The van der Waals surface area contributed by atoms with E-state index in [0.717, 1.165) is 44.0 Å². The molecule has 33 heavy (non-hydrogen) atoms. The summed E-state index contributed by atoms with van der Waals surface area (Å²) in [5, 5.41) is 2.99. The van der Waals surface area contributed by atoms with E-state index in [1.807, 2.05) is 6.92 Å². The van der Waals surface area contributed by atoms with Gasteiger partial charge in [-0.15, -0.1) is 0 Å². The van der Waals surface area contributed by atoms with E-state index in [4.69, 9.17) is 16.2 Å². The number of carbonyl (C=O) groups excluding carboxylic acids is 3. The van der Waals surface area contributed by atoms with Gasteiger partial charge in [0.05, 0.1) is 18.9 Å². The van der Waals surface area contributed by atoms with Gasteiger partial charge in [-0.3, -0.25) is 19.3 Å². The number of hydrogen-bond acceptors (Lipinski definition) is 8. The SMILES string of the molecule is CCCC(C(=O)NCCC(C)C)N(CCCN1CCOCC1)C(=O)c1snc(C(N)=O)c1N. The molecular formula is C22H38N6O4S. The maximum Gasteiger partial charge on any atom is 0.270 e. The Morgan fingerprint density at radius 2 is 1.94 bits per heavy atom. The molecule has 1 aliphatic heterocycles. The van der Waals surface area contributed by atoms with Crippen molar-refractivity contribution in [3.05, 3.63) is 10.6 Å². The number of amides is 3. The number of ether oxygens (including phenoxy) is 1. The van der Waals surface area contributed by atoms with Crippen LogP contribution in [-0.4, -0.2) is 83.9 Å². The Labute approximate surface area is 200 Å². The molecule has 0 saturated carbocycles. The minimum Gasteiger partial charge on any atom is -0.395 e. The zero-order valence-corrected chi connectivity index (χ0v) is 20.8. The van der Waals surface area contributed by atoms with Gasteiger partial charge in [0.2, 0.25) is 5.91 Å². The Balaban J connectivity index is 2.21. The Morgan fingerprint density at radius 1 is 1.24 bits per heavy atom. The van der Waals surface area contributed by atoms with Crippen LogP contribution < -0.4 is 16.8 Å². The molecule has 0 aromatic carbocycles. The van der Waals surface area contributed by atoms with Crippen molar-refractivity contribution in [3.8, 4) is 0 Å². The zero-order valence-electron chi connectivity index (χ0n) is 20.0. The van der Waals surface area contributed by atoms with Crippen molar-refractivity contribution in [2.45, 2.75) is 52.5 Å². The van der Waals surface area contributed by atoms with Gasteiger partial charge >= 0.3 is 0 Å². The first-order chi connectivity index (χ1) is 15.8. The number of hydrogen-bond donors (Lipinski definition) is 3. The van der Waals surface area contributed by atoms with E-state index in [1.54, 1.807) is 4.90 Å². The van der Waals surface area contributed by atoms with E-state index in [1.165, 1.54) is 0 Å². The molecule has 2 heterocycles. The standard InChI is InChI=1S/C22H38N6O4S/c1-4-6-16(21(30)25-8-7-15(2)3)28(10-5-9-27-11-13-32-14-12-27)22(31)19-17(23)18(20(24)29)26-33-19/h15-16H,4-14,23H2,1-3H3,(H2,24,29)(H,25,30). The maximum absolute atomic E-state index is 13.5. The molecule has 186 valence electrons. The van der Waals surface area contributed by atoms with Crippen LogP contribution in [0.25, 0.3) is 0 Å². The van der Waals surface area contributed by atoms with Crippen molar-refractivity contribution in [2.75, 3.05) is 51.7 Å². The van der Waals surface area contributed by atoms with Crippen LogP contribution in [0.1, 0.15) is 66.6 Å². The summed E-state index contributed by atoms with van der Waals surface area (Å²) < 4.78 is 9.36. The van der Waals surface area contributed by atoms with Gasteiger partial charge in [0.15, 0.2) is 5.69 Å². The third kappa shape index (κ3) is 7.94. The van der Waals surface area contributed by atoms with Crippen molar-refractivity contribution in [2.24, 2.45) is 11.7 Å². The highest BCUT2D eigenvalue weighted by molar-refractivity contribution is 7.09. The second-order valence-electron chi connectivity index (χ2n) is 8.72. The highest BCUT2D eigenvalue weighted by Crippen LogP contribution is 2.25. The third-order valence-electron chi connectivity index (χ3n) is 5.66. The lowest BCUT2D eigenvalue weighted by Crippen LogP contribution is -2.50. The second-order valence-corrected chi connectivity index (χ2v) is 9.50. The summed E-state index contributed by atoms with van der Waals surface area (Å²) in [4.78, 5) is 42.2. The average Bonchev–Trinajstić information content (AvgIpc) is 3.17. The molecule has 1 aromatic rings. The predicted molar refractivity (Wildman–Crippen MR) is 129 cm³/mol. The van der Waals surface area contributed by atoms with Crippen LogP contribution in [0.15, 0.2) is 0 Å². The lowest BCUT2D eigenvalue weighted by Gasteiger charge is -2.32. The molecule has 1 aliphatic rings. The van der Waals surface area contributed by atoms with Crippen LogP contribution in [-0.2, 0) is 9.53 Å². The minimum atomic E-state index is -0.779. The monoisotopic (exact) mass is 482 g/mol. The van der Waals surface area contributed by atoms with E-state index < -0.39 is 17.9 Å². The molecule has 2 rings (SSSR count).